The maximum atomic E-state index is 12.2. The molecular weight excluding hydrogens is 262 g/mol. The van der Waals surface area contributed by atoms with Crippen molar-refractivity contribution >= 4 is 22.4 Å². The summed E-state index contributed by atoms with van der Waals surface area (Å²) < 4.78 is 5.41. The third kappa shape index (κ3) is 3.52. The van der Waals surface area contributed by atoms with Crippen LogP contribution in [0.4, 0.5) is 5.13 Å². The highest BCUT2D eigenvalue weighted by Gasteiger charge is 2.33. The number of rotatable bonds is 5. The first-order valence-electron chi connectivity index (χ1n) is 6.67. The van der Waals surface area contributed by atoms with E-state index in [1.807, 2.05) is 13.8 Å². The second kappa shape index (κ2) is 6.45. The summed E-state index contributed by atoms with van der Waals surface area (Å²) in [6.07, 6.45) is 1.05. The number of thiazole rings is 1. The van der Waals surface area contributed by atoms with Crippen LogP contribution < -0.4 is 10.6 Å². The summed E-state index contributed by atoms with van der Waals surface area (Å²) in [4.78, 5) is 17.7. The summed E-state index contributed by atoms with van der Waals surface area (Å²) in [5.41, 5.74) is 0.976. The highest BCUT2D eigenvalue weighted by Crippen LogP contribution is 2.23. The quantitative estimate of drug-likeness (QED) is 0.863. The largest absolute Gasteiger partial charge is 0.379 e. The molecule has 1 fully saturated rings. The van der Waals surface area contributed by atoms with Crippen LogP contribution >= 0.6 is 11.3 Å². The van der Waals surface area contributed by atoms with Gasteiger partial charge in [-0.3, -0.25) is 4.79 Å². The first-order valence-corrected chi connectivity index (χ1v) is 7.49. The molecule has 2 N–H and O–H groups in total. The van der Waals surface area contributed by atoms with Gasteiger partial charge < -0.3 is 15.4 Å². The molecule has 0 aromatic carbocycles. The molecule has 0 radical (unpaired) electrons. The van der Waals surface area contributed by atoms with Gasteiger partial charge in [-0.05, 0) is 26.8 Å². The van der Waals surface area contributed by atoms with Crippen molar-refractivity contribution in [3.8, 4) is 0 Å². The summed E-state index contributed by atoms with van der Waals surface area (Å²) in [7, 11) is 0. The molecule has 1 aromatic rings. The second-order valence-electron chi connectivity index (χ2n) is 4.85. The molecule has 1 saturated heterocycles. The van der Waals surface area contributed by atoms with E-state index in [4.69, 9.17) is 4.74 Å². The van der Waals surface area contributed by atoms with Gasteiger partial charge in [0.1, 0.15) is 0 Å². The minimum absolute atomic E-state index is 0.000136. The van der Waals surface area contributed by atoms with E-state index in [0.29, 0.717) is 18.3 Å². The molecule has 2 atom stereocenters. The molecule has 0 saturated carbocycles. The second-order valence-corrected chi connectivity index (χ2v) is 6.06. The lowest BCUT2D eigenvalue weighted by atomic mass is 10.0. The third-order valence-electron chi connectivity index (χ3n) is 3.33. The lowest BCUT2D eigenvalue weighted by molar-refractivity contribution is -0.120. The van der Waals surface area contributed by atoms with Gasteiger partial charge in [0, 0.05) is 10.9 Å². The molecule has 6 heteroatoms. The van der Waals surface area contributed by atoms with Gasteiger partial charge in [-0.1, -0.05) is 6.92 Å². The Bertz CT molecular complexity index is 428. The standard InChI is InChI=1S/C13H21N3O2S/c1-4-5-14-11-7-18-6-10(11)12(17)16-13-15-8(2)9(3)19-13/h10-11,14H,4-7H2,1-3H3,(H,15,16,17). The zero-order chi connectivity index (χ0) is 13.8. The van der Waals surface area contributed by atoms with Crippen LogP contribution in [-0.2, 0) is 9.53 Å². The predicted molar refractivity (Wildman–Crippen MR) is 76.6 cm³/mol. The number of aromatic nitrogens is 1. The van der Waals surface area contributed by atoms with Crippen LogP contribution in [0.1, 0.15) is 23.9 Å². The Morgan fingerprint density at radius 2 is 2.26 bits per heavy atom. The van der Waals surface area contributed by atoms with Crippen molar-refractivity contribution < 1.29 is 9.53 Å². The number of hydrogen-bond donors (Lipinski definition) is 2. The molecule has 106 valence electrons. The molecule has 1 aliphatic heterocycles. The summed E-state index contributed by atoms with van der Waals surface area (Å²) in [6, 6.07) is 0.113. The molecule has 2 rings (SSSR count). The van der Waals surface area contributed by atoms with E-state index < -0.39 is 0 Å². The smallest absolute Gasteiger partial charge is 0.233 e. The van der Waals surface area contributed by atoms with E-state index in [9.17, 15) is 4.79 Å². The Labute approximate surface area is 117 Å². The zero-order valence-corrected chi connectivity index (χ0v) is 12.5. The monoisotopic (exact) mass is 283 g/mol. The van der Waals surface area contributed by atoms with Gasteiger partial charge >= 0.3 is 0 Å². The number of carbonyl (C=O) groups excluding carboxylic acids is 1. The van der Waals surface area contributed by atoms with Gasteiger partial charge in [-0.15, -0.1) is 11.3 Å². The summed E-state index contributed by atoms with van der Waals surface area (Å²) in [5, 5.41) is 6.94. The molecule has 2 heterocycles. The maximum absolute atomic E-state index is 12.2. The highest BCUT2D eigenvalue weighted by atomic mass is 32.1. The first kappa shape index (κ1) is 14.4. The molecule has 19 heavy (non-hydrogen) atoms. The number of hydrogen-bond acceptors (Lipinski definition) is 5. The number of ether oxygens (including phenoxy) is 1. The van der Waals surface area contributed by atoms with Crippen LogP contribution in [0.15, 0.2) is 0 Å². The van der Waals surface area contributed by atoms with Gasteiger partial charge in [-0.2, -0.15) is 0 Å². The van der Waals surface area contributed by atoms with Gasteiger partial charge in [0.2, 0.25) is 5.91 Å². The van der Waals surface area contributed by atoms with E-state index >= 15 is 0 Å². The van der Waals surface area contributed by atoms with E-state index in [1.54, 1.807) is 0 Å². The van der Waals surface area contributed by atoms with Crippen molar-refractivity contribution in [2.75, 3.05) is 25.1 Å². The SMILES string of the molecule is CCCNC1COCC1C(=O)Nc1nc(C)c(C)s1. The Hall–Kier alpha value is -0.980. The topological polar surface area (TPSA) is 63.2 Å². The average molecular weight is 283 g/mol. The van der Waals surface area contributed by atoms with Crippen LogP contribution in [-0.4, -0.2) is 36.7 Å². The van der Waals surface area contributed by atoms with Crippen molar-refractivity contribution in [3.63, 3.8) is 0 Å². The Morgan fingerprint density at radius 3 is 2.89 bits per heavy atom. The number of carbonyl (C=O) groups is 1. The highest BCUT2D eigenvalue weighted by molar-refractivity contribution is 7.15. The fourth-order valence-electron chi connectivity index (χ4n) is 2.07. The Morgan fingerprint density at radius 1 is 1.47 bits per heavy atom. The van der Waals surface area contributed by atoms with Crippen molar-refractivity contribution in [2.24, 2.45) is 5.92 Å². The van der Waals surface area contributed by atoms with E-state index in [0.717, 1.165) is 23.5 Å². The average Bonchev–Trinajstić information content (AvgIpc) is 2.94. The molecule has 1 aliphatic rings. The normalized spacial score (nSPS) is 22.7. The van der Waals surface area contributed by atoms with Gasteiger partial charge in [0.05, 0.1) is 24.8 Å². The number of anilines is 1. The number of amides is 1. The molecule has 2 unspecified atom stereocenters. The molecule has 1 aromatic heterocycles. The van der Waals surface area contributed by atoms with Gasteiger partial charge in [0.25, 0.3) is 0 Å². The lowest BCUT2D eigenvalue weighted by Crippen LogP contribution is -2.41. The first-order chi connectivity index (χ1) is 9.11. The molecule has 5 nitrogen and oxygen atoms in total. The predicted octanol–water partition coefficient (Wildman–Crippen LogP) is 1.71. The van der Waals surface area contributed by atoms with Crippen molar-refractivity contribution in [2.45, 2.75) is 33.2 Å². The van der Waals surface area contributed by atoms with Crippen LogP contribution in [0.25, 0.3) is 0 Å². The van der Waals surface area contributed by atoms with E-state index in [1.165, 1.54) is 11.3 Å². The third-order valence-corrected chi connectivity index (χ3v) is 4.32. The zero-order valence-electron chi connectivity index (χ0n) is 11.7. The Kier molecular flexibility index (Phi) is 4.90. The molecular formula is C13H21N3O2S. The fourth-order valence-corrected chi connectivity index (χ4v) is 2.89. The fraction of sp³-hybridized carbons (Fsp3) is 0.692. The summed E-state index contributed by atoms with van der Waals surface area (Å²) in [5.74, 6) is -0.129. The maximum Gasteiger partial charge on any atom is 0.233 e. The van der Waals surface area contributed by atoms with Crippen LogP contribution in [0.3, 0.4) is 0 Å². The van der Waals surface area contributed by atoms with Gasteiger partial charge in [-0.25, -0.2) is 4.98 Å². The Balaban J connectivity index is 1.95. The summed E-state index contributed by atoms with van der Waals surface area (Å²) >= 11 is 1.52. The molecule has 0 aliphatic carbocycles. The van der Waals surface area contributed by atoms with Crippen LogP contribution in [0, 0.1) is 19.8 Å². The van der Waals surface area contributed by atoms with Crippen molar-refractivity contribution in [1.82, 2.24) is 10.3 Å². The van der Waals surface area contributed by atoms with E-state index in [-0.39, 0.29) is 17.9 Å². The van der Waals surface area contributed by atoms with Crippen molar-refractivity contribution in [3.05, 3.63) is 10.6 Å². The number of nitrogens with zero attached hydrogens (tertiary/aromatic N) is 1. The minimum Gasteiger partial charge on any atom is -0.379 e. The van der Waals surface area contributed by atoms with Crippen LogP contribution in [0.2, 0.25) is 0 Å². The summed E-state index contributed by atoms with van der Waals surface area (Å²) in [6.45, 7) is 8.07. The molecule has 0 bridgehead atoms. The van der Waals surface area contributed by atoms with E-state index in [2.05, 4.69) is 22.5 Å². The number of nitrogens with one attached hydrogen (secondary N) is 2. The minimum atomic E-state index is -0.129. The number of aryl methyl sites for hydroxylation is 2. The molecule has 1 amide bonds. The van der Waals surface area contributed by atoms with Crippen molar-refractivity contribution in [1.29, 1.82) is 0 Å². The van der Waals surface area contributed by atoms with Gasteiger partial charge in [0.15, 0.2) is 5.13 Å². The lowest BCUT2D eigenvalue weighted by Gasteiger charge is -2.17. The van der Waals surface area contributed by atoms with Crippen LogP contribution in [0.5, 0.6) is 0 Å². The molecule has 0 spiro atoms.